The van der Waals surface area contributed by atoms with Gasteiger partial charge in [0.1, 0.15) is 5.76 Å². The predicted octanol–water partition coefficient (Wildman–Crippen LogP) is 2.13. The number of ether oxygens (including phenoxy) is 1. The third-order valence-corrected chi connectivity index (χ3v) is 4.43. The summed E-state index contributed by atoms with van der Waals surface area (Å²) in [6.07, 6.45) is 4.70. The number of imidazole rings is 1. The van der Waals surface area contributed by atoms with E-state index in [0.29, 0.717) is 5.92 Å². The van der Waals surface area contributed by atoms with Gasteiger partial charge in [-0.2, -0.15) is 0 Å². The van der Waals surface area contributed by atoms with Crippen molar-refractivity contribution in [2.45, 2.75) is 39.3 Å². The highest BCUT2D eigenvalue weighted by Gasteiger charge is 2.28. The van der Waals surface area contributed by atoms with Gasteiger partial charge in [0.05, 0.1) is 36.4 Å². The SMILES string of the molecule is Cc1noc(C)c1C(C)n1cncc1C(N)C1CCOC1. The van der Waals surface area contributed by atoms with E-state index in [-0.39, 0.29) is 12.1 Å². The summed E-state index contributed by atoms with van der Waals surface area (Å²) in [5.41, 5.74) is 9.49. The number of aryl methyl sites for hydroxylation is 2. The van der Waals surface area contributed by atoms with Crippen LogP contribution in [0.2, 0.25) is 0 Å². The van der Waals surface area contributed by atoms with Gasteiger partial charge in [-0.25, -0.2) is 4.98 Å². The molecule has 0 aromatic carbocycles. The van der Waals surface area contributed by atoms with E-state index in [1.54, 1.807) is 0 Å². The molecule has 3 heterocycles. The molecule has 0 bridgehead atoms. The molecule has 114 valence electrons. The largest absolute Gasteiger partial charge is 0.381 e. The van der Waals surface area contributed by atoms with E-state index in [4.69, 9.17) is 15.0 Å². The first-order valence-electron chi connectivity index (χ1n) is 7.37. The Labute approximate surface area is 124 Å². The van der Waals surface area contributed by atoms with Crippen molar-refractivity contribution in [2.24, 2.45) is 11.7 Å². The number of hydrogen-bond acceptors (Lipinski definition) is 5. The van der Waals surface area contributed by atoms with Crippen LogP contribution in [0.25, 0.3) is 0 Å². The second-order valence-corrected chi connectivity index (χ2v) is 5.79. The molecule has 3 atom stereocenters. The van der Waals surface area contributed by atoms with Crippen LogP contribution in [0.1, 0.15) is 48.1 Å². The standard InChI is InChI=1S/C15H22N4O2/c1-9-14(11(3)21-18-9)10(2)19-8-17-6-13(19)15(16)12-4-5-20-7-12/h6,8,10,12,15H,4-5,7,16H2,1-3H3. The molecule has 21 heavy (non-hydrogen) atoms. The fraction of sp³-hybridized carbons (Fsp3) is 0.600. The predicted molar refractivity (Wildman–Crippen MR) is 77.9 cm³/mol. The van der Waals surface area contributed by atoms with Gasteiger partial charge in [0.2, 0.25) is 0 Å². The molecule has 1 saturated heterocycles. The van der Waals surface area contributed by atoms with Crippen molar-refractivity contribution in [1.29, 1.82) is 0 Å². The van der Waals surface area contributed by atoms with E-state index in [0.717, 1.165) is 42.3 Å². The molecule has 1 fully saturated rings. The van der Waals surface area contributed by atoms with Gasteiger partial charge >= 0.3 is 0 Å². The Morgan fingerprint density at radius 2 is 2.24 bits per heavy atom. The van der Waals surface area contributed by atoms with Gasteiger partial charge in [-0.1, -0.05) is 5.16 Å². The molecule has 0 radical (unpaired) electrons. The average molecular weight is 290 g/mol. The second kappa shape index (κ2) is 5.61. The van der Waals surface area contributed by atoms with Crippen molar-refractivity contribution >= 4 is 0 Å². The molecule has 0 aliphatic carbocycles. The molecule has 0 amide bonds. The van der Waals surface area contributed by atoms with Crippen LogP contribution in [0, 0.1) is 19.8 Å². The molecule has 0 saturated carbocycles. The van der Waals surface area contributed by atoms with Crippen LogP contribution < -0.4 is 5.73 Å². The highest BCUT2D eigenvalue weighted by Crippen LogP contribution is 2.31. The van der Waals surface area contributed by atoms with Crippen molar-refractivity contribution in [1.82, 2.24) is 14.7 Å². The minimum Gasteiger partial charge on any atom is -0.381 e. The smallest absolute Gasteiger partial charge is 0.139 e. The van der Waals surface area contributed by atoms with E-state index in [1.165, 1.54) is 0 Å². The Bertz CT molecular complexity index is 593. The Hall–Kier alpha value is -1.66. The van der Waals surface area contributed by atoms with E-state index in [2.05, 4.69) is 21.6 Å². The van der Waals surface area contributed by atoms with E-state index in [9.17, 15) is 0 Å². The van der Waals surface area contributed by atoms with Crippen molar-refractivity contribution in [3.05, 3.63) is 35.2 Å². The highest BCUT2D eigenvalue weighted by atomic mass is 16.5. The number of aromatic nitrogens is 3. The summed E-state index contributed by atoms with van der Waals surface area (Å²) in [5.74, 6) is 1.20. The lowest BCUT2D eigenvalue weighted by Gasteiger charge is -2.23. The van der Waals surface area contributed by atoms with Crippen LogP contribution in [0.15, 0.2) is 17.0 Å². The number of nitrogens with zero attached hydrogens (tertiary/aromatic N) is 3. The van der Waals surface area contributed by atoms with Gasteiger partial charge in [-0.05, 0) is 27.2 Å². The molecule has 2 aromatic heterocycles. The zero-order chi connectivity index (χ0) is 15.0. The summed E-state index contributed by atoms with van der Waals surface area (Å²) in [6.45, 7) is 7.55. The lowest BCUT2D eigenvalue weighted by atomic mass is 9.96. The molecule has 3 rings (SSSR count). The molecule has 3 unspecified atom stereocenters. The molecule has 0 spiro atoms. The summed E-state index contributed by atoms with van der Waals surface area (Å²) in [4.78, 5) is 4.30. The van der Waals surface area contributed by atoms with Gasteiger partial charge in [0.15, 0.2) is 0 Å². The fourth-order valence-electron chi connectivity index (χ4n) is 3.20. The van der Waals surface area contributed by atoms with Gasteiger partial charge in [0, 0.05) is 24.3 Å². The zero-order valence-electron chi connectivity index (χ0n) is 12.7. The van der Waals surface area contributed by atoms with Crippen LogP contribution in [0.4, 0.5) is 0 Å². The quantitative estimate of drug-likeness (QED) is 0.933. The van der Waals surface area contributed by atoms with Gasteiger partial charge in [0.25, 0.3) is 0 Å². The van der Waals surface area contributed by atoms with Crippen LogP contribution >= 0.6 is 0 Å². The second-order valence-electron chi connectivity index (χ2n) is 5.79. The van der Waals surface area contributed by atoms with E-state index in [1.807, 2.05) is 26.4 Å². The van der Waals surface area contributed by atoms with Crippen LogP contribution in [-0.2, 0) is 4.74 Å². The Kier molecular flexibility index (Phi) is 3.82. The van der Waals surface area contributed by atoms with E-state index < -0.39 is 0 Å². The molecular formula is C15H22N4O2. The van der Waals surface area contributed by atoms with Crippen molar-refractivity contribution in [3.8, 4) is 0 Å². The Morgan fingerprint density at radius 1 is 1.43 bits per heavy atom. The molecule has 6 heteroatoms. The maximum Gasteiger partial charge on any atom is 0.139 e. The van der Waals surface area contributed by atoms with Gasteiger partial charge < -0.3 is 19.6 Å². The molecule has 6 nitrogen and oxygen atoms in total. The Morgan fingerprint density at radius 3 is 2.86 bits per heavy atom. The van der Waals surface area contributed by atoms with Crippen LogP contribution in [0.3, 0.4) is 0 Å². The normalized spacial score (nSPS) is 21.6. The third-order valence-electron chi connectivity index (χ3n) is 4.43. The lowest BCUT2D eigenvalue weighted by Crippen LogP contribution is -2.25. The number of nitrogens with two attached hydrogens (primary N) is 1. The average Bonchev–Trinajstić information content (AvgIpc) is 3.18. The van der Waals surface area contributed by atoms with Crippen molar-refractivity contribution < 1.29 is 9.26 Å². The molecule has 2 N–H and O–H groups in total. The number of hydrogen-bond donors (Lipinski definition) is 1. The molecular weight excluding hydrogens is 268 g/mol. The summed E-state index contributed by atoms with van der Waals surface area (Å²) in [5, 5.41) is 4.04. The fourth-order valence-corrected chi connectivity index (χ4v) is 3.20. The maximum absolute atomic E-state index is 6.43. The summed E-state index contributed by atoms with van der Waals surface area (Å²) < 4.78 is 12.9. The van der Waals surface area contributed by atoms with Crippen molar-refractivity contribution in [3.63, 3.8) is 0 Å². The molecule has 1 aliphatic heterocycles. The first-order chi connectivity index (χ1) is 10.1. The topological polar surface area (TPSA) is 79.1 Å². The van der Waals surface area contributed by atoms with Gasteiger partial charge in [-0.15, -0.1) is 0 Å². The maximum atomic E-state index is 6.43. The third kappa shape index (κ3) is 2.49. The minimum atomic E-state index is -0.0575. The van der Waals surface area contributed by atoms with Crippen LogP contribution in [0.5, 0.6) is 0 Å². The summed E-state index contributed by atoms with van der Waals surface area (Å²) in [6, 6.07) is 0.0417. The lowest BCUT2D eigenvalue weighted by molar-refractivity contribution is 0.180. The zero-order valence-corrected chi connectivity index (χ0v) is 12.7. The highest BCUT2D eigenvalue weighted by molar-refractivity contribution is 5.26. The Balaban J connectivity index is 1.91. The van der Waals surface area contributed by atoms with Crippen LogP contribution in [-0.4, -0.2) is 27.9 Å². The summed E-state index contributed by atoms with van der Waals surface area (Å²) in [7, 11) is 0. The summed E-state index contributed by atoms with van der Waals surface area (Å²) >= 11 is 0. The van der Waals surface area contributed by atoms with Gasteiger partial charge in [-0.3, -0.25) is 0 Å². The number of rotatable bonds is 4. The monoisotopic (exact) mass is 290 g/mol. The first kappa shape index (κ1) is 14.3. The molecule has 1 aliphatic rings. The molecule has 2 aromatic rings. The first-order valence-corrected chi connectivity index (χ1v) is 7.37. The van der Waals surface area contributed by atoms with Crippen molar-refractivity contribution in [2.75, 3.05) is 13.2 Å². The minimum absolute atomic E-state index is 0.0575. The van der Waals surface area contributed by atoms with E-state index >= 15 is 0 Å².